The summed E-state index contributed by atoms with van der Waals surface area (Å²) in [5.74, 6) is -0.675. The van der Waals surface area contributed by atoms with Crippen molar-refractivity contribution < 1.29 is 14.4 Å². The van der Waals surface area contributed by atoms with Crippen LogP contribution in [-0.4, -0.2) is 30.3 Å². The van der Waals surface area contributed by atoms with Crippen molar-refractivity contribution >= 4 is 29.9 Å². The highest BCUT2D eigenvalue weighted by Gasteiger charge is 2.23. The van der Waals surface area contributed by atoms with Crippen molar-refractivity contribution in [3.05, 3.63) is 23.0 Å². The van der Waals surface area contributed by atoms with Crippen LogP contribution in [-0.2, 0) is 0 Å². The van der Waals surface area contributed by atoms with Gasteiger partial charge < -0.3 is 14.9 Å². The van der Waals surface area contributed by atoms with Crippen molar-refractivity contribution in [1.82, 2.24) is 0 Å². The smallest absolute Gasteiger partial charge is 0.423 e. The number of nitrogens with zero attached hydrogens (tertiary/aromatic N) is 1. The van der Waals surface area contributed by atoms with E-state index in [2.05, 4.69) is 0 Å². The maximum Gasteiger partial charge on any atom is 0.491 e. The summed E-state index contributed by atoms with van der Waals surface area (Å²) in [7, 11) is -1.83. The summed E-state index contributed by atoms with van der Waals surface area (Å²) < 4.78 is 14.0. The molecule has 16 heavy (non-hydrogen) atoms. The van der Waals surface area contributed by atoms with Crippen LogP contribution in [0.4, 0.5) is 10.1 Å². The zero-order valence-electron chi connectivity index (χ0n) is 9.24. The molecule has 88 valence electrons. The van der Waals surface area contributed by atoms with Gasteiger partial charge >= 0.3 is 7.12 Å². The van der Waals surface area contributed by atoms with Gasteiger partial charge in [-0.25, -0.2) is 4.39 Å². The second-order valence-corrected chi connectivity index (χ2v) is 3.75. The minimum Gasteiger partial charge on any atom is -0.423 e. The van der Waals surface area contributed by atoms with Crippen LogP contribution in [0.25, 0.3) is 0 Å². The Kier molecular flexibility index (Phi) is 4.59. The van der Waals surface area contributed by atoms with E-state index in [9.17, 15) is 4.39 Å². The molecule has 0 bridgehead atoms. The SMILES string of the molecule is CCN(CC)c1c(Cl)ccc(B(O)O)c1F. The lowest BCUT2D eigenvalue weighted by Crippen LogP contribution is -2.35. The van der Waals surface area contributed by atoms with Crippen molar-refractivity contribution in [2.75, 3.05) is 18.0 Å². The molecule has 0 radical (unpaired) electrons. The lowest BCUT2D eigenvalue weighted by molar-refractivity contribution is 0.423. The highest BCUT2D eigenvalue weighted by molar-refractivity contribution is 6.59. The van der Waals surface area contributed by atoms with Gasteiger partial charge in [-0.1, -0.05) is 17.7 Å². The maximum absolute atomic E-state index is 14.0. The molecule has 0 saturated heterocycles. The maximum atomic E-state index is 14.0. The topological polar surface area (TPSA) is 43.7 Å². The molecule has 0 spiro atoms. The van der Waals surface area contributed by atoms with E-state index in [1.807, 2.05) is 13.8 Å². The predicted octanol–water partition coefficient (Wildman–Crippen LogP) is 1.01. The van der Waals surface area contributed by atoms with Gasteiger partial charge in [-0.05, 0) is 19.9 Å². The predicted molar refractivity (Wildman–Crippen MR) is 64.8 cm³/mol. The van der Waals surface area contributed by atoms with Gasteiger partial charge in [-0.3, -0.25) is 0 Å². The van der Waals surface area contributed by atoms with Gasteiger partial charge in [0.05, 0.1) is 10.7 Å². The Balaban J connectivity index is 3.30. The second-order valence-electron chi connectivity index (χ2n) is 3.35. The third-order valence-electron chi connectivity index (χ3n) is 2.45. The van der Waals surface area contributed by atoms with Gasteiger partial charge in [0, 0.05) is 18.6 Å². The van der Waals surface area contributed by atoms with E-state index in [4.69, 9.17) is 21.6 Å². The fourth-order valence-electron chi connectivity index (χ4n) is 1.59. The second kappa shape index (κ2) is 5.52. The minimum atomic E-state index is -1.83. The fourth-order valence-corrected chi connectivity index (χ4v) is 1.85. The average molecular weight is 245 g/mol. The zero-order chi connectivity index (χ0) is 12.3. The Hall–Kier alpha value is -0.775. The fraction of sp³-hybridized carbons (Fsp3) is 0.400. The number of rotatable bonds is 4. The Morgan fingerprint density at radius 3 is 2.31 bits per heavy atom. The largest absolute Gasteiger partial charge is 0.491 e. The molecule has 0 amide bonds. The summed E-state index contributed by atoms with van der Waals surface area (Å²) in [5, 5.41) is 18.3. The molecule has 1 aromatic carbocycles. The summed E-state index contributed by atoms with van der Waals surface area (Å²) in [5.41, 5.74) is 0.0589. The van der Waals surface area contributed by atoms with E-state index in [0.29, 0.717) is 13.1 Å². The normalized spacial score (nSPS) is 10.4. The standard InChI is InChI=1S/C10H14BClFNO2/c1-3-14(4-2)10-8(12)6-5-7(9(10)13)11(15)16/h5-6,15-16H,3-4H2,1-2H3. The Labute approximate surface area is 99.6 Å². The molecule has 0 aliphatic carbocycles. The van der Waals surface area contributed by atoms with E-state index < -0.39 is 12.9 Å². The lowest BCUT2D eigenvalue weighted by Gasteiger charge is -2.23. The number of hydrogen-bond donors (Lipinski definition) is 2. The van der Waals surface area contributed by atoms with Crippen LogP contribution in [0, 0.1) is 5.82 Å². The molecule has 0 heterocycles. The molecule has 0 atom stereocenters. The zero-order valence-corrected chi connectivity index (χ0v) is 10.00. The van der Waals surface area contributed by atoms with E-state index in [0.717, 1.165) is 0 Å². The molecule has 1 rings (SSSR count). The average Bonchev–Trinajstić information content (AvgIpc) is 2.23. The number of benzene rings is 1. The first kappa shape index (κ1) is 13.3. The lowest BCUT2D eigenvalue weighted by atomic mass is 9.79. The van der Waals surface area contributed by atoms with Crippen molar-refractivity contribution in [2.24, 2.45) is 0 Å². The van der Waals surface area contributed by atoms with E-state index in [1.54, 1.807) is 4.90 Å². The van der Waals surface area contributed by atoms with E-state index in [1.165, 1.54) is 12.1 Å². The molecule has 0 aliphatic rings. The van der Waals surface area contributed by atoms with Crippen LogP contribution in [0.2, 0.25) is 5.02 Å². The first-order chi connectivity index (χ1) is 7.52. The minimum absolute atomic E-state index is 0.161. The van der Waals surface area contributed by atoms with Crippen LogP contribution in [0.5, 0.6) is 0 Å². The molecule has 0 saturated carbocycles. The number of halogens is 2. The van der Waals surface area contributed by atoms with Crippen LogP contribution >= 0.6 is 11.6 Å². The third kappa shape index (κ3) is 2.48. The molecule has 1 aromatic rings. The quantitative estimate of drug-likeness (QED) is 0.778. The molecule has 2 N–H and O–H groups in total. The molecule has 0 fully saturated rings. The van der Waals surface area contributed by atoms with Gasteiger partial charge in [0.1, 0.15) is 5.82 Å². The molecular formula is C10H14BClFNO2. The summed E-state index contributed by atoms with van der Waals surface area (Å²) in [6.07, 6.45) is 0. The van der Waals surface area contributed by atoms with Crippen LogP contribution < -0.4 is 10.4 Å². The van der Waals surface area contributed by atoms with Crippen molar-refractivity contribution in [1.29, 1.82) is 0 Å². The number of anilines is 1. The van der Waals surface area contributed by atoms with Crippen molar-refractivity contribution in [3.8, 4) is 0 Å². The highest BCUT2D eigenvalue weighted by atomic mass is 35.5. The first-order valence-corrected chi connectivity index (χ1v) is 5.49. The van der Waals surface area contributed by atoms with Crippen molar-refractivity contribution in [2.45, 2.75) is 13.8 Å². The van der Waals surface area contributed by atoms with E-state index in [-0.39, 0.29) is 16.2 Å². The molecule has 0 aliphatic heterocycles. The van der Waals surface area contributed by atoms with E-state index >= 15 is 0 Å². The molecule has 0 unspecified atom stereocenters. The Morgan fingerprint density at radius 1 is 1.31 bits per heavy atom. The highest BCUT2D eigenvalue weighted by Crippen LogP contribution is 2.27. The van der Waals surface area contributed by atoms with Gasteiger partial charge in [-0.15, -0.1) is 0 Å². The molecular weight excluding hydrogens is 231 g/mol. The molecule has 3 nitrogen and oxygen atoms in total. The van der Waals surface area contributed by atoms with Gasteiger partial charge in [0.15, 0.2) is 0 Å². The van der Waals surface area contributed by atoms with Crippen LogP contribution in [0.15, 0.2) is 12.1 Å². The Morgan fingerprint density at radius 2 is 1.88 bits per heavy atom. The molecule has 0 aromatic heterocycles. The number of hydrogen-bond acceptors (Lipinski definition) is 3. The third-order valence-corrected chi connectivity index (χ3v) is 2.76. The Bertz CT molecular complexity index is 372. The van der Waals surface area contributed by atoms with Gasteiger partial charge in [0.2, 0.25) is 0 Å². The van der Waals surface area contributed by atoms with Gasteiger partial charge in [0.25, 0.3) is 0 Å². The monoisotopic (exact) mass is 245 g/mol. The van der Waals surface area contributed by atoms with Gasteiger partial charge in [-0.2, -0.15) is 0 Å². The van der Waals surface area contributed by atoms with Crippen LogP contribution in [0.1, 0.15) is 13.8 Å². The summed E-state index contributed by atoms with van der Waals surface area (Å²) >= 11 is 5.91. The summed E-state index contributed by atoms with van der Waals surface area (Å²) in [4.78, 5) is 1.73. The van der Waals surface area contributed by atoms with Crippen molar-refractivity contribution in [3.63, 3.8) is 0 Å². The molecule has 6 heteroatoms. The summed E-state index contributed by atoms with van der Waals surface area (Å²) in [6.45, 7) is 4.94. The first-order valence-electron chi connectivity index (χ1n) is 5.11. The van der Waals surface area contributed by atoms with Crippen LogP contribution in [0.3, 0.4) is 0 Å². The summed E-state index contributed by atoms with van der Waals surface area (Å²) in [6, 6.07) is 2.74.